The Bertz CT molecular complexity index is 5840. The fourth-order valence-corrected chi connectivity index (χ4v) is 13.3. The molecule has 0 aliphatic rings. The fraction of sp³-hybridized carbons (Fsp3) is 0.134. The van der Waals surface area contributed by atoms with Gasteiger partial charge >= 0.3 is 0 Å². The Morgan fingerprint density at radius 2 is 0.818 bits per heavy atom. The molecule has 16 rings (SSSR count). The van der Waals surface area contributed by atoms with Crippen LogP contribution in [0, 0.1) is 27.7 Å². The lowest BCUT2D eigenvalue weighted by molar-refractivity contribution is 0.0984. The van der Waals surface area contributed by atoms with Gasteiger partial charge in [-0.2, -0.15) is 0 Å². The molecule has 542 valence electrons. The molecular weight excluding hydrogens is 1440 g/mol. The van der Waals surface area contributed by atoms with E-state index in [1.54, 1.807) is 79.5 Å². The van der Waals surface area contributed by atoms with Crippen LogP contribution in [0.25, 0.3) is 43.9 Å². The van der Waals surface area contributed by atoms with Gasteiger partial charge in [-0.1, -0.05) is 24.3 Å². The summed E-state index contributed by atoms with van der Waals surface area (Å²) in [5.41, 5.74) is 12.7. The number of Topliss-reactive ketones (excluding diaryl/α,β-unsaturated/α-hetero) is 4. The van der Waals surface area contributed by atoms with E-state index in [0.717, 1.165) is 38.0 Å². The first kappa shape index (κ1) is 74.7. The van der Waals surface area contributed by atoms with Gasteiger partial charge in [0.1, 0.15) is 41.4 Å². The Hall–Kier alpha value is -13.6. The summed E-state index contributed by atoms with van der Waals surface area (Å²) in [6.07, 6.45) is 25.0. The van der Waals surface area contributed by atoms with Crippen LogP contribution in [0.3, 0.4) is 0 Å². The molecule has 12 aromatic heterocycles. The SMILES string of the molecule is Cc1ccc(CC(=O)c2cc(C(F)c3cncnc3)cc3nccnc23)nc1.Cc1cccc(CC(=O)c2cc(C(=O)c3cncnc3)cc3nccnc23)n1.Cc1csc(CC(=O)c2cc(C(F)c3cncnc3)cc3cccnc23)n1.Cc1csc(CC(=O)c2cc(C(O)c3cncnc3)cc3cccnc23)n1. The number of alkyl halides is 2. The van der Waals surface area contributed by atoms with E-state index in [9.17, 15) is 29.1 Å². The molecule has 4 aromatic carbocycles. The van der Waals surface area contributed by atoms with Gasteiger partial charge in [-0.25, -0.2) is 58.6 Å². The van der Waals surface area contributed by atoms with Crippen LogP contribution in [-0.2, 0) is 25.7 Å². The summed E-state index contributed by atoms with van der Waals surface area (Å²) in [7, 11) is 0. The molecule has 0 bridgehead atoms. The first-order valence-corrected chi connectivity index (χ1v) is 35.8. The van der Waals surface area contributed by atoms with E-state index in [2.05, 4.69) is 89.7 Å². The zero-order chi connectivity index (χ0) is 76.6. The van der Waals surface area contributed by atoms with E-state index in [1.807, 2.05) is 87.0 Å². The maximum Gasteiger partial charge on any atom is 0.196 e. The number of carbonyl (C=O) groups is 5. The summed E-state index contributed by atoms with van der Waals surface area (Å²) in [4.78, 5) is 139. The first-order valence-electron chi connectivity index (χ1n) is 34.0. The molecule has 0 spiro atoms. The van der Waals surface area contributed by atoms with Gasteiger partial charge in [0.15, 0.2) is 41.3 Å². The number of aliphatic hydroxyl groups excluding tert-OH is 1. The predicted molar refractivity (Wildman–Crippen MR) is 408 cm³/mol. The molecule has 110 heavy (non-hydrogen) atoms. The highest BCUT2D eigenvalue weighted by molar-refractivity contribution is 7.10. The molecule has 16 aromatic rings. The Morgan fingerprint density at radius 3 is 1.33 bits per heavy atom. The van der Waals surface area contributed by atoms with Crippen LogP contribution in [0.4, 0.5) is 8.78 Å². The molecule has 0 aliphatic carbocycles. The van der Waals surface area contributed by atoms with E-state index in [-0.39, 0.29) is 54.6 Å². The summed E-state index contributed by atoms with van der Waals surface area (Å²) < 4.78 is 30.1. The molecule has 3 atom stereocenters. The molecule has 0 radical (unpaired) electrons. The van der Waals surface area contributed by atoms with Crippen LogP contribution in [0.2, 0.25) is 0 Å². The van der Waals surface area contributed by atoms with Crippen molar-refractivity contribution in [2.24, 2.45) is 0 Å². The van der Waals surface area contributed by atoms with Gasteiger partial charge in [0, 0.05) is 187 Å². The lowest BCUT2D eigenvalue weighted by Gasteiger charge is -2.14. The highest BCUT2D eigenvalue weighted by atomic mass is 32.1. The number of ketones is 5. The number of aryl methyl sites for hydroxylation is 4. The Balaban J connectivity index is 0.000000129. The topological polar surface area (TPSA) is 338 Å². The molecule has 0 aliphatic heterocycles. The van der Waals surface area contributed by atoms with Crippen LogP contribution >= 0.6 is 22.7 Å². The van der Waals surface area contributed by atoms with Crippen LogP contribution in [0.5, 0.6) is 0 Å². The van der Waals surface area contributed by atoms with E-state index in [0.29, 0.717) is 117 Å². The Labute approximate surface area is 634 Å². The number of thiazole rings is 2. The highest BCUT2D eigenvalue weighted by Gasteiger charge is 2.25. The van der Waals surface area contributed by atoms with Gasteiger partial charge in [0.05, 0.1) is 64.3 Å². The second-order valence-corrected chi connectivity index (χ2v) is 27.0. The molecule has 0 saturated heterocycles. The predicted octanol–water partition coefficient (Wildman–Crippen LogP) is 14.0. The number of benzene rings is 4. The summed E-state index contributed by atoms with van der Waals surface area (Å²) in [5, 5.41) is 17.6. The number of carbonyl (C=O) groups excluding carboxylic acids is 5. The molecule has 0 fully saturated rings. The van der Waals surface area contributed by atoms with Crippen molar-refractivity contribution >= 4 is 95.5 Å². The number of hydrogen-bond donors (Lipinski definition) is 1. The van der Waals surface area contributed by atoms with Gasteiger partial charge in [0.25, 0.3) is 0 Å². The quantitative estimate of drug-likeness (QED) is 0.0693. The molecular formula is C82H62F2N18O6S2. The molecule has 12 heterocycles. The average Bonchev–Trinajstić information content (AvgIpc) is 0.901. The number of hydrogen-bond acceptors (Lipinski definition) is 26. The number of nitrogens with zero attached hydrogens (tertiary/aromatic N) is 18. The number of aromatic nitrogens is 18. The minimum Gasteiger partial charge on any atom is -0.384 e. The van der Waals surface area contributed by atoms with Crippen molar-refractivity contribution in [1.82, 2.24) is 89.7 Å². The maximum atomic E-state index is 15.1. The van der Waals surface area contributed by atoms with Crippen molar-refractivity contribution < 1.29 is 37.9 Å². The smallest absolute Gasteiger partial charge is 0.196 e. The standard InChI is InChI=1S/C21H16FN5O.C21H15N5O2.C20H15FN4OS.C20H16N4O2S/c1-13-2-3-16(27-9-13)8-19(28)17-6-14(7-18-21(17)26-5-4-25-18)20(22)15-10-23-12-24-11-15;1-13-3-2-4-16(26-13)9-19(27)17-7-14(8-18-20(17)25-6-5-24-18)21(28)15-10-22-12-23-11-15;1-12-10-27-18(25-12)7-17(26)16-6-14(5-13-3-2-4-24-20(13)16)19(21)15-8-22-11-23-9-15;1-12-10-27-18(24-12)7-17(25)16-6-14(5-13-3-2-4-23-19(13)16)20(26)15-8-21-11-22-9-15/h2-7,9-12,20H,8H2,1H3;2-8,10-12H,9H2,1H3;2-6,8-11,19H,7H2,1H3;2-6,8-11,20,26H,7H2,1H3. The average molecular weight is 1500 g/mol. The molecule has 28 heteroatoms. The van der Waals surface area contributed by atoms with Crippen molar-refractivity contribution in [2.75, 3.05) is 0 Å². The largest absolute Gasteiger partial charge is 0.384 e. The third-order valence-electron chi connectivity index (χ3n) is 17.0. The zero-order valence-electron chi connectivity index (χ0n) is 59.1. The highest BCUT2D eigenvalue weighted by Crippen LogP contribution is 2.34. The van der Waals surface area contributed by atoms with Crippen molar-refractivity contribution in [3.05, 3.63) is 343 Å². The monoisotopic (exact) mass is 1500 g/mol. The second kappa shape index (κ2) is 34.8. The molecule has 24 nitrogen and oxygen atoms in total. The van der Waals surface area contributed by atoms with Crippen LogP contribution in [-0.4, -0.2) is 124 Å². The summed E-state index contributed by atoms with van der Waals surface area (Å²) in [6.45, 7) is 7.59. The summed E-state index contributed by atoms with van der Waals surface area (Å²) in [6, 6.07) is 29.7. The normalized spacial score (nSPS) is 11.8. The van der Waals surface area contributed by atoms with Crippen molar-refractivity contribution in [1.29, 1.82) is 0 Å². The van der Waals surface area contributed by atoms with Gasteiger partial charge in [0.2, 0.25) is 0 Å². The molecule has 0 saturated carbocycles. The maximum absolute atomic E-state index is 15.1. The van der Waals surface area contributed by atoms with E-state index in [4.69, 9.17) is 0 Å². The number of aliphatic hydroxyl groups is 1. The van der Waals surface area contributed by atoms with Gasteiger partial charge in [-0.3, -0.25) is 63.8 Å². The number of halogens is 2. The summed E-state index contributed by atoms with van der Waals surface area (Å²) >= 11 is 2.91. The molecule has 0 amide bonds. The third kappa shape index (κ3) is 18.3. The number of pyridine rings is 4. The first-order chi connectivity index (χ1) is 53.5. The van der Waals surface area contributed by atoms with Crippen molar-refractivity contribution in [3.8, 4) is 0 Å². The number of rotatable bonds is 20. The van der Waals surface area contributed by atoms with Crippen LogP contribution < -0.4 is 0 Å². The zero-order valence-corrected chi connectivity index (χ0v) is 60.7. The van der Waals surface area contributed by atoms with Crippen LogP contribution in [0.15, 0.2) is 232 Å². The Kier molecular flexibility index (Phi) is 23.6. The molecule has 3 unspecified atom stereocenters. The van der Waals surface area contributed by atoms with E-state index >= 15 is 8.78 Å². The van der Waals surface area contributed by atoms with Crippen molar-refractivity contribution in [2.45, 2.75) is 71.8 Å². The van der Waals surface area contributed by atoms with Crippen molar-refractivity contribution in [3.63, 3.8) is 0 Å². The Morgan fingerprint density at radius 1 is 0.373 bits per heavy atom. The lowest BCUT2D eigenvalue weighted by atomic mass is 9.96. The van der Waals surface area contributed by atoms with Gasteiger partial charge < -0.3 is 5.11 Å². The van der Waals surface area contributed by atoms with Gasteiger partial charge in [-0.15, -0.1) is 22.7 Å². The van der Waals surface area contributed by atoms with Gasteiger partial charge in [-0.05, 0) is 129 Å². The fourth-order valence-electron chi connectivity index (χ4n) is 11.8. The van der Waals surface area contributed by atoms with E-state index in [1.165, 1.54) is 116 Å². The second-order valence-electron chi connectivity index (χ2n) is 25.1. The molecule has 1 N–H and O–H groups in total. The minimum atomic E-state index is -1.48. The van der Waals surface area contributed by atoms with Crippen LogP contribution in [0.1, 0.15) is 153 Å². The van der Waals surface area contributed by atoms with E-state index < -0.39 is 18.4 Å². The summed E-state index contributed by atoms with van der Waals surface area (Å²) in [5.74, 6) is -0.864. The minimum absolute atomic E-state index is 0.0774. The third-order valence-corrected chi connectivity index (χ3v) is 18.9. The number of fused-ring (bicyclic) bond motifs is 4. The lowest BCUT2D eigenvalue weighted by Crippen LogP contribution is -2.10.